The highest BCUT2D eigenvalue weighted by atomic mass is 16.4. The van der Waals surface area contributed by atoms with E-state index in [2.05, 4.69) is 10.2 Å². The lowest BCUT2D eigenvalue weighted by Gasteiger charge is -2.14. The molecule has 0 saturated carbocycles. The van der Waals surface area contributed by atoms with Crippen LogP contribution in [0.2, 0.25) is 0 Å². The lowest BCUT2D eigenvalue weighted by molar-refractivity contribution is -0.142. The zero-order valence-electron chi connectivity index (χ0n) is 7.27. The first-order valence-corrected chi connectivity index (χ1v) is 3.55. The summed E-state index contributed by atoms with van der Waals surface area (Å²) in [6, 6.07) is 0. The summed E-state index contributed by atoms with van der Waals surface area (Å²) in [6.07, 6.45) is 1.47. The van der Waals surface area contributed by atoms with Crippen molar-refractivity contribution in [3.8, 4) is 0 Å². The fraction of sp³-hybridized carbons (Fsp3) is 0.571. The van der Waals surface area contributed by atoms with Gasteiger partial charge in [0.2, 0.25) is 0 Å². The first-order chi connectivity index (χ1) is 5.44. The number of carbonyl (C=O) groups is 1. The monoisotopic (exact) mass is 169 g/mol. The Hall–Kier alpha value is -1.39. The van der Waals surface area contributed by atoms with Crippen LogP contribution in [-0.2, 0) is 17.3 Å². The number of rotatable bonds is 2. The molecule has 0 radical (unpaired) electrons. The summed E-state index contributed by atoms with van der Waals surface area (Å²) < 4.78 is 0. The Bertz CT molecular complexity index is 303. The number of aliphatic carboxylic acids is 1. The van der Waals surface area contributed by atoms with Crippen LogP contribution in [-0.4, -0.2) is 26.1 Å². The van der Waals surface area contributed by atoms with Gasteiger partial charge in [-0.25, -0.2) is 0 Å². The van der Waals surface area contributed by atoms with Crippen LogP contribution in [0.1, 0.15) is 19.5 Å². The zero-order chi connectivity index (χ0) is 9.35. The molecule has 0 aliphatic carbocycles. The van der Waals surface area contributed by atoms with Crippen molar-refractivity contribution in [2.24, 2.45) is 7.05 Å². The lowest BCUT2D eigenvalue weighted by atomic mass is 9.90. The predicted octanol–water partition coefficient (Wildman–Crippen LogP) is 0.177. The largest absolute Gasteiger partial charge is 0.481 e. The molecule has 1 aromatic heterocycles. The highest BCUT2D eigenvalue weighted by Crippen LogP contribution is 2.19. The second kappa shape index (κ2) is 2.58. The summed E-state index contributed by atoms with van der Waals surface area (Å²) in [7, 11) is 1.65. The second-order valence-electron chi connectivity index (χ2n) is 3.15. The summed E-state index contributed by atoms with van der Waals surface area (Å²) in [5.74, 6) is -0.900. The van der Waals surface area contributed by atoms with Gasteiger partial charge in [-0.1, -0.05) is 0 Å². The number of nitrogens with zero attached hydrogens (tertiary/aromatic N) is 3. The van der Waals surface area contributed by atoms with Crippen molar-refractivity contribution >= 4 is 5.97 Å². The van der Waals surface area contributed by atoms with Crippen LogP contribution in [0.25, 0.3) is 0 Å². The van der Waals surface area contributed by atoms with Crippen molar-refractivity contribution in [2.45, 2.75) is 19.3 Å². The van der Waals surface area contributed by atoms with E-state index in [9.17, 15) is 4.79 Å². The van der Waals surface area contributed by atoms with Crippen LogP contribution in [0.4, 0.5) is 0 Å². The van der Waals surface area contributed by atoms with Crippen molar-refractivity contribution in [3.05, 3.63) is 11.9 Å². The fourth-order valence-electron chi connectivity index (χ4n) is 0.742. The van der Waals surface area contributed by atoms with E-state index in [-0.39, 0.29) is 0 Å². The highest BCUT2D eigenvalue weighted by molar-refractivity contribution is 5.79. The smallest absolute Gasteiger partial charge is 0.315 e. The van der Waals surface area contributed by atoms with Gasteiger partial charge in [0.25, 0.3) is 0 Å². The Morgan fingerprint density at radius 2 is 2.25 bits per heavy atom. The van der Waals surface area contributed by atoms with Crippen LogP contribution >= 0.6 is 0 Å². The van der Waals surface area contributed by atoms with E-state index in [0.29, 0.717) is 5.69 Å². The molecule has 0 aliphatic rings. The minimum absolute atomic E-state index is 0.470. The van der Waals surface area contributed by atoms with Gasteiger partial charge in [-0.05, 0) is 13.8 Å². The van der Waals surface area contributed by atoms with Gasteiger partial charge in [0.15, 0.2) is 0 Å². The van der Waals surface area contributed by atoms with Crippen LogP contribution < -0.4 is 0 Å². The second-order valence-corrected chi connectivity index (χ2v) is 3.15. The molecule has 1 heterocycles. The van der Waals surface area contributed by atoms with E-state index < -0.39 is 11.4 Å². The molecule has 0 unspecified atom stereocenters. The molecule has 66 valence electrons. The SMILES string of the molecule is Cn1ncc(C(C)(C)C(=O)O)n1. The molecule has 0 fully saturated rings. The number of carboxylic acid groups (broad SMARTS) is 1. The van der Waals surface area contributed by atoms with Gasteiger partial charge in [0.1, 0.15) is 5.41 Å². The van der Waals surface area contributed by atoms with E-state index in [1.807, 2.05) is 0 Å². The van der Waals surface area contributed by atoms with Crippen molar-refractivity contribution in [1.29, 1.82) is 0 Å². The van der Waals surface area contributed by atoms with Crippen LogP contribution in [0.15, 0.2) is 6.20 Å². The van der Waals surface area contributed by atoms with Crippen molar-refractivity contribution in [3.63, 3.8) is 0 Å². The van der Waals surface area contributed by atoms with Crippen molar-refractivity contribution in [2.75, 3.05) is 0 Å². The molecule has 0 aliphatic heterocycles. The van der Waals surface area contributed by atoms with Gasteiger partial charge < -0.3 is 5.11 Å². The third-order valence-corrected chi connectivity index (χ3v) is 1.77. The maximum Gasteiger partial charge on any atom is 0.315 e. The van der Waals surface area contributed by atoms with Crippen molar-refractivity contribution < 1.29 is 9.90 Å². The van der Waals surface area contributed by atoms with E-state index >= 15 is 0 Å². The van der Waals surface area contributed by atoms with E-state index in [0.717, 1.165) is 0 Å². The van der Waals surface area contributed by atoms with Crippen molar-refractivity contribution in [1.82, 2.24) is 15.0 Å². The molecule has 0 spiro atoms. The Morgan fingerprint density at radius 3 is 2.58 bits per heavy atom. The minimum atomic E-state index is -0.964. The number of hydrogen-bond donors (Lipinski definition) is 1. The minimum Gasteiger partial charge on any atom is -0.481 e. The van der Waals surface area contributed by atoms with Crippen LogP contribution in [0.3, 0.4) is 0 Å². The number of aryl methyl sites for hydroxylation is 1. The Morgan fingerprint density at radius 1 is 1.67 bits per heavy atom. The molecule has 5 heteroatoms. The predicted molar refractivity (Wildman–Crippen MR) is 41.7 cm³/mol. The molecule has 0 aromatic carbocycles. The molecule has 0 bridgehead atoms. The Balaban J connectivity index is 3.05. The van der Waals surface area contributed by atoms with Gasteiger partial charge in [0, 0.05) is 7.05 Å². The number of carboxylic acids is 1. The third-order valence-electron chi connectivity index (χ3n) is 1.77. The maximum absolute atomic E-state index is 10.8. The molecule has 0 amide bonds. The average molecular weight is 169 g/mol. The fourth-order valence-corrected chi connectivity index (χ4v) is 0.742. The van der Waals surface area contributed by atoms with Gasteiger partial charge >= 0.3 is 5.97 Å². The summed E-state index contributed by atoms with van der Waals surface area (Å²) in [5, 5.41) is 16.6. The lowest BCUT2D eigenvalue weighted by Crippen LogP contribution is -2.29. The maximum atomic E-state index is 10.8. The molecule has 1 aromatic rings. The topological polar surface area (TPSA) is 68.0 Å². The van der Waals surface area contributed by atoms with Crippen LogP contribution in [0, 0.1) is 0 Å². The molecular formula is C7H11N3O2. The van der Waals surface area contributed by atoms with E-state index in [1.54, 1.807) is 20.9 Å². The quantitative estimate of drug-likeness (QED) is 0.685. The molecule has 1 rings (SSSR count). The number of aromatic nitrogens is 3. The normalized spacial score (nSPS) is 11.6. The van der Waals surface area contributed by atoms with Gasteiger partial charge in [-0.15, -0.1) is 0 Å². The Kier molecular flexibility index (Phi) is 1.87. The molecular weight excluding hydrogens is 158 g/mol. The molecule has 1 N–H and O–H groups in total. The summed E-state index contributed by atoms with van der Waals surface area (Å²) in [6.45, 7) is 3.19. The van der Waals surface area contributed by atoms with E-state index in [1.165, 1.54) is 11.0 Å². The summed E-state index contributed by atoms with van der Waals surface area (Å²) in [4.78, 5) is 12.1. The first kappa shape index (κ1) is 8.70. The number of hydrogen-bond acceptors (Lipinski definition) is 3. The van der Waals surface area contributed by atoms with E-state index in [4.69, 9.17) is 5.11 Å². The van der Waals surface area contributed by atoms with Crippen LogP contribution in [0.5, 0.6) is 0 Å². The summed E-state index contributed by atoms with van der Waals surface area (Å²) in [5.41, 5.74) is -0.494. The van der Waals surface area contributed by atoms with Gasteiger partial charge in [-0.3, -0.25) is 4.79 Å². The average Bonchev–Trinajstić information content (AvgIpc) is 2.35. The summed E-state index contributed by atoms with van der Waals surface area (Å²) >= 11 is 0. The highest BCUT2D eigenvalue weighted by Gasteiger charge is 2.32. The third kappa shape index (κ3) is 1.30. The standard InChI is InChI=1S/C7H11N3O2/c1-7(2,6(11)12)5-4-8-10(3)9-5/h4H,1-3H3,(H,11,12). The molecule has 0 saturated heterocycles. The van der Waals surface area contributed by atoms with Gasteiger partial charge in [0.05, 0.1) is 11.9 Å². The Labute approximate surface area is 70.0 Å². The first-order valence-electron chi connectivity index (χ1n) is 3.55. The molecule has 12 heavy (non-hydrogen) atoms. The van der Waals surface area contributed by atoms with Gasteiger partial charge in [-0.2, -0.15) is 15.0 Å². The molecule has 0 atom stereocenters. The zero-order valence-corrected chi connectivity index (χ0v) is 7.27. The molecule has 5 nitrogen and oxygen atoms in total.